The van der Waals surface area contributed by atoms with E-state index in [1.807, 2.05) is 6.92 Å². The van der Waals surface area contributed by atoms with E-state index < -0.39 is 0 Å². The van der Waals surface area contributed by atoms with E-state index in [4.69, 9.17) is 4.74 Å². The van der Waals surface area contributed by atoms with Gasteiger partial charge in [-0.1, -0.05) is 0 Å². The van der Waals surface area contributed by atoms with Gasteiger partial charge in [0.15, 0.2) is 0 Å². The lowest BCUT2D eigenvalue weighted by Crippen LogP contribution is -2.30. The fraction of sp³-hybridized carbons (Fsp3) is 0.667. The Morgan fingerprint density at radius 1 is 1.44 bits per heavy atom. The Labute approximate surface area is 102 Å². The second-order valence-electron chi connectivity index (χ2n) is 3.82. The molecule has 1 N–H and O–H groups in total. The molecule has 0 aliphatic carbocycles. The van der Waals surface area contributed by atoms with Crippen molar-refractivity contribution >= 4 is 11.3 Å². The van der Waals surface area contributed by atoms with Crippen molar-refractivity contribution in [1.82, 2.24) is 10.2 Å². The lowest BCUT2D eigenvalue weighted by Gasteiger charge is -2.16. The number of nitrogens with one attached hydrogen (secondary N) is 1. The van der Waals surface area contributed by atoms with Crippen LogP contribution in [0.1, 0.15) is 12.5 Å². The highest BCUT2D eigenvalue weighted by molar-refractivity contribution is 7.07. The average Bonchev–Trinajstić information content (AvgIpc) is 2.76. The second-order valence-corrected chi connectivity index (χ2v) is 4.60. The van der Waals surface area contributed by atoms with E-state index in [9.17, 15) is 0 Å². The molecule has 3 nitrogen and oxygen atoms in total. The number of thiophene rings is 1. The Kier molecular flexibility index (Phi) is 7.42. The van der Waals surface area contributed by atoms with Gasteiger partial charge in [0.1, 0.15) is 0 Å². The number of ether oxygens (including phenoxy) is 1. The molecule has 0 radical (unpaired) electrons. The molecule has 0 saturated heterocycles. The zero-order valence-corrected chi connectivity index (χ0v) is 11.1. The Morgan fingerprint density at radius 3 is 3.00 bits per heavy atom. The van der Waals surface area contributed by atoms with Crippen LogP contribution in [0.2, 0.25) is 0 Å². The highest BCUT2D eigenvalue weighted by atomic mass is 32.1. The molecule has 1 heterocycles. The van der Waals surface area contributed by atoms with Crippen LogP contribution in [0.25, 0.3) is 0 Å². The smallest absolute Gasteiger partial charge is 0.0590 e. The maximum Gasteiger partial charge on any atom is 0.0590 e. The maximum absolute atomic E-state index is 5.25. The number of rotatable bonds is 9. The monoisotopic (exact) mass is 242 g/mol. The molecule has 0 unspecified atom stereocenters. The molecule has 16 heavy (non-hydrogen) atoms. The van der Waals surface area contributed by atoms with Gasteiger partial charge in [0.25, 0.3) is 0 Å². The van der Waals surface area contributed by atoms with Crippen LogP contribution in [0.15, 0.2) is 16.8 Å². The normalized spacial score (nSPS) is 11.2. The van der Waals surface area contributed by atoms with Gasteiger partial charge < -0.3 is 15.0 Å². The van der Waals surface area contributed by atoms with Gasteiger partial charge in [-0.05, 0) is 36.4 Å². The summed E-state index contributed by atoms with van der Waals surface area (Å²) in [4.78, 5) is 2.33. The largest absolute Gasteiger partial charge is 0.380 e. The van der Waals surface area contributed by atoms with Gasteiger partial charge >= 0.3 is 0 Å². The van der Waals surface area contributed by atoms with Crippen molar-refractivity contribution in [3.05, 3.63) is 22.4 Å². The van der Waals surface area contributed by atoms with Crippen molar-refractivity contribution in [3.63, 3.8) is 0 Å². The number of nitrogens with zero attached hydrogens (tertiary/aromatic N) is 1. The highest BCUT2D eigenvalue weighted by Gasteiger charge is 1.99. The van der Waals surface area contributed by atoms with Crippen LogP contribution in [0.5, 0.6) is 0 Å². The fourth-order valence-corrected chi connectivity index (χ4v) is 2.12. The predicted octanol–water partition coefficient (Wildman–Crippen LogP) is 1.81. The maximum atomic E-state index is 5.25. The topological polar surface area (TPSA) is 24.5 Å². The fourth-order valence-electron chi connectivity index (χ4n) is 1.46. The molecular formula is C12H22N2OS. The summed E-state index contributed by atoms with van der Waals surface area (Å²) in [5.74, 6) is 0. The third-order valence-corrected chi connectivity index (χ3v) is 3.06. The molecule has 0 aliphatic heterocycles. The van der Waals surface area contributed by atoms with Gasteiger partial charge in [0, 0.05) is 32.8 Å². The zero-order valence-electron chi connectivity index (χ0n) is 10.2. The van der Waals surface area contributed by atoms with Crippen molar-refractivity contribution < 1.29 is 4.74 Å². The first-order valence-corrected chi connectivity index (χ1v) is 6.75. The van der Waals surface area contributed by atoms with Crippen molar-refractivity contribution in [1.29, 1.82) is 0 Å². The molecule has 0 bridgehead atoms. The molecule has 1 aromatic rings. The summed E-state index contributed by atoms with van der Waals surface area (Å²) in [6, 6.07) is 2.18. The van der Waals surface area contributed by atoms with Crippen molar-refractivity contribution in [2.75, 3.05) is 39.9 Å². The number of hydrogen-bond acceptors (Lipinski definition) is 4. The van der Waals surface area contributed by atoms with E-state index >= 15 is 0 Å². The summed E-state index contributed by atoms with van der Waals surface area (Å²) >= 11 is 1.76. The molecule has 0 fully saturated rings. The van der Waals surface area contributed by atoms with Crippen molar-refractivity contribution in [3.8, 4) is 0 Å². The van der Waals surface area contributed by atoms with Gasteiger partial charge in [0.2, 0.25) is 0 Å². The summed E-state index contributed by atoms with van der Waals surface area (Å²) in [5, 5.41) is 7.70. The van der Waals surface area contributed by atoms with Crippen LogP contribution >= 0.6 is 11.3 Å². The third-order valence-electron chi connectivity index (χ3n) is 2.33. The number of hydrogen-bond donors (Lipinski definition) is 1. The van der Waals surface area contributed by atoms with Crippen LogP contribution in [-0.2, 0) is 11.3 Å². The van der Waals surface area contributed by atoms with E-state index in [2.05, 4.69) is 34.1 Å². The van der Waals surface area contributed by atoms with E-state index in [0.717, 1.165) is 39.4 Å². The molecule has 0 aliphatic rings. The van der Waals surface area contributed by atoms with Crippen molar-refractivity contribution in [2.24, 2.45) is 0 Å². The summed E-state index contributed by atoms with van der Waals surface area (Å²) in [6.45, 7) is 7.71. The molecule has 0 spiro atoms. The summed E-state index contributed by atoms with van der Waals surface area (Å²) in [7, 11) is 2.15. The lowest BCUT2D eigenvalue weighted by molar-refractivity contribution is 0.148. The Morgan fingerprint density at radius 2 is 2.31 bits per heavy atom. The first-order chi connectivity index (χ1) is 7.83. The van der Waals surface area contributed by atoms with Crippen molar-refractivity contribution in [2.45, 2.75) is 13.5 Å². The Hall–Kier alpha value is -0.420. The first-order valence-electron chi connectivity index (χ1n) is 5.81. The molecule has 0 amide bonds. The quantitative estimate of drug-likeness (QED) is 0.668. The molecule has 0 aromatic carbocycles. The van der Waals surface area contributed by atoms with Crippen LogP contribution < -0.4 is 5.32 Å². The highest BCUT2D eigenvalue weighted by Crippen LogP contribution is 2.07. The Balaban J connectivity index is 1.96. The van der Waals surface area contributed by atoms with E-state index in [1.165, 1.54) is 5.56 Å². The standard InChI is InChI=1S/C12H22N2OS/c1-3-15-8-6-13-5-7-14(2)10-12-4-9-16-11-12/h4,9,11,13H,3,5-8,10H2,1-2H3. The molecule has 92 valence electrons. The minimum atomic E-state index is 0.805. The number of likely N-dealkylation sites (N-methyl/N-ethyl adjacent to an activating group) is 1. The van der Waals surface area contributed by atoms with Gasteiger partial charge in [-0.15, -0.1) is 0 Å². The Bertz CT molecular complexity index is 252. The zero-order chi connectivity index (χ0) is 11.6. The predicted molar refractivity (Wildman–Crippen MR) is 70.0 cm³/mol. The molecular weight excluding hydrogens is 220 g/mol. The van der Waals surface area contributed by atoms with Gasteiger partial charge in [-0.25, -0.2) is 0 Å². The third kappa shape index (κ3) is 6.23. The van der Waals surface area contributed by atoms with E-state index in [-0.39, 0.29) is 0 Å². The van der Waals surface area contributed by atoms with Crippen LogP contribution in [-0.4, -0.2) is 44.8 Å². The molecule has 0 saturated carbocycles. The van der Waals surface area contributed by atoms with E-state index in [1.54, 1.807) is 11.3 Å². The minimum absolute atomic E-state index is 0.805. The second kappa shape index (κ2) is 8.70. The summed E-state index contributed by atoms with van der Waals surface area (Å²) in [5.41, 5.74) is 1.40. The van der Waals surface area contributed by atoms with Crippen LogP contribution in [0.3, 0.4) is 0 Å². The molecule has 0 atom stereocenters. The minimum Gasteiger partial charge on any atom is -0.380 e. The molecule has 4 heteroatoms. The van der Waals surface area contributed by atoms with Crippen LogP contribution in [0.4, 0.5) is 0 Å². The van der Waals surface area contributed by atoms with Crippen LogP contribution in [0, 0.1) is 0 Å². The summed E-state index contributed by atoms with van der Waals surface area (Å²) in [6.07, 6.45) is 0. The average molecular weight is 242 g/mol. The molecule has 1 aromatic heterocycles. The molecule has 1 rings (SSSR count). The lowest BCUT2D eigenvalue weighted by atomic mass is 10.3. The van der Waals surface area contributed by atoms with E-state index in [0.29, 0.717) is 0 Å². The summed E-state index contributed by atoms with van der Waals surface area (Å²) < 4.78 is 5.25. The van der Waals surface area contributed by atoms with Gasteiger partial charge in [-0.2, -0.15) is 11.3 Å². The van der Waals surface area contributed by atoms with Gasteiger partial charge in [-0.3, -0.25) is 0 Å². The van der Waals surface area contributed by atoms with Gasteiger partial charge in [0.05, 0.1) is 6.61 Å². The SMILES string of the molecule is CCOCCNCCN(C)Cc1ccsc1. The first kappa shape index (κ1) is 13.6.